The second-order valence-electron chi connectivity index (χ2n) is 6.11. The summed E-state index contributed by atoms with van der Waals surface area (Å²) in [6, 6.07) is 2.22. The van der Waals surface area contributed by atoms with Crippen LogP contribution in [0.4, 0.5) is 0 Å². The molecule has 0 aliphatic rings. The number of aryl methyl sites for hydroxylation is 1. The van der Waals surface area contributed by atoms with Gasteiger partial charge in [0.25, 0.3) is 0 Å². The Kier molecular flexibility index (Phi) is 4.18. The van der Waals surface area contributed by atoms with Gasteiger partial charge in [0.1, 0.15) is 0 Å². The molecule has 0 aliphatic carbocycles. The fraction of sp³-hybridized carbons (Fsp3) is 0.533. The number of nitrogens with zero attached hydrogens (tertiary/aromatic N) is 3. The zero-order chi connectivity index (χ0) is 14.8. The Labute approximate surface area is 119 Å². The lowest BCUT2D eigenvalue weighted by Crippen LogP contribution is -2.39. The van der Waals surface area contributed by atoms with Crippen LogP contribution < -0.4 is 5.32 Å². The maximum atomic E-state index is 5.37. The molecule has 0 amide bonds. The normalized spacial score (nSPS) is 13.4. The van der Waals surface area contributed by atoms with E-state index in [0.717, 1.165) is 11.1 Å². The molecule has 108 valence electrons. The van der Waals surface area contributed by atoms with Gasteiger partial charge in [-0.05, 0) is 31.0 Å². The van der Waals surface area contributed by atoms with Crippen LogP contribution in [0.25, 0.3) is 11.4 Å². The first kappa shape index (κ1) is 14.7. The highest BCUT2D eigenvalue weighted by Gasteiger charge is 2.25. The molecule has 0 aromatic carbocycles. The highest BCUT2D eigenvalue weighted by Crippen LogP contribution is 2.23. The van der Waals surface area contributed by atoms with E-state index < -0.39 is 0 Å². The molecule has 0 saturated carbocycles. The summed E-state index contributed by atoms with van der Waals surface area (Å²) < 4.78 is 5.37. The molecule has 2 aromatic heterocycles. The van der Waals surface area contributed by atoms with Crippen molar-refractivity contribution < 1.29 is 4.52 Å². The van der Waals surface area contributed by atoms with E-state index in [-0.39, 0.29) is 11.5 Å². The summed E-state index contributed by atoms with van der Waals surface area (Å²) >= 11 is 0. The first-order valence-corrected chi connectivity index (χ1v) is 6.82. The third-order valence-corrected chi connectivity index (χ3v) is 3.52. The molecule has 1 N–H and O–H groups in total. The monoisotopic (exact) mass is 274 g/mol. The molecule has 2 aromatic rings. The van der Waals surface area contributed by atoms with Crippen molar-refractivity contribution in [3.05, 3.63) is 29.9 Å². The van der Waals surface area contributed by atoms with E-state index in [1.54, 1.807) is 12.4 Å². The maximum Gasteiger partial charge on any atom is 0.228 e. The summed E-state index contributed by atoms with van der Waals surface area (Å²) in [6.45, 7) is 8.59. The molecule has 0 spiro atoms. The van der Waals surface area contributed by atoms with Crippen molar-refractivity contribution in [1.82, 2.24) is 20.4 Å². The molecule has 1 unspecified atom stereocenters. The molecule has 2 rings (SSSR count). The minimum Gasteiger partial charge on any atom is -0.339 e. The molecule has 0 radical (unpaired) electrons. The van der Waals surface area contributed by atoms with Crippen LogP contribution in [-0.2, 0) is 6.42 Å². The Balaban J connectivity index is 2.20. The highest BCUT2D eigenvalue weighted by atomic mass is 16.5. The molecule has 5 nitrogen and oxygen atoms in total. The third-order valence-electron chi connectivity index (χ3n) is 3.52. The lowest BCUT2D eigenvalue weighted by Gasteiger charge is -2.29. The van der Waals surface area contributed by atoms with Crippen molar-refractivity contribution in [2.24, 2.45) is 5.41 Å². The van der Waals surface area contributed by atoms with Crippen molar-refractivity contribution in [2.45, 2.75) is 40.2 Å². The first-order chi connectivity index (χ1) is 9.41. The van der Waals surface area contributed by atoms with E-state index >= 15 is 0 Å². The molecule has 0 bridgehead atoms. The number of pyridine rings is 1. The van der Waals surface area contributed by atoms with Crippen molar-refractivity contribution in [2.75, 3.05) is 7.05 Å². The summed E-state index contributed by atoms with van der Waals surface area (Å²) in [6.07, 6.45) is 4.24. The summed E-state index contributed by atoms with van der Waals surface area (Å²) in [7, 11) is 1.96. The third kappa shape index (κ3) is 3.22. The minimum atomic E-state index is 0.133. The van der Waals surface area contributed by atoms with Crippen LogP contribution in [0.1, 0.15) is 32.2 Å². The maximum absolute atomic E-state index is 5.37. The fourth-order valence-electron chi connectivity index (χ4n) is 2.16. The van der Waals surface area contributed by atoms with Crippen LogP contribution in [0.3, 0.4) is 0 Å². The van der Waals surface area contributed by atoms with Crippen LogP contribution in [0, 0.1) is 12.3 Å². The minimum absolute atomic E-state index is 0.133. The molecular weight excluding hydrogens is 252 g/mol. The summed E-state index contributed by atoms with van der Waals surface area (Å²) in [5.74, 6) is 1.26. The van der Waals surface area contributed by atoms with Gasteiger partial charge in [-0.25, -0.2) is 0 Å². The van der Waals surface area contributed by atoms with Crippen molar-refractivity contribution in [3.8, 4) is 11.4 Å². The zero-order valence-electron chi connectivity index (χ0n) is 12.8. The summed E-state index contributed by atoms with van der Waals surface area (Å²) in [4.78, 5) is 8.60. The van der Waals surface area contributed by atoms with Crippen LogP contribution in [0.15, 0.2) is 23.0 Å². The van der Waals surface area contributed by atoms with Crippen LogP contribution in [-0.4, -0.2) is 28.2 Å². The lowest BCUT2D eigenvalue weighted by atomic mass is 9.85. The highest BCUT2D eigenvalue weighted by molar-refractivity contribution is 5.57. The van der Waals surface area contributed by atoms with E-state index in [4.69, 9.17) is 4.52 Å². The van der Waals surface area contributed by atoms with Crippen LogP contribution >= 0.6 is 0 Å². The molecule has 2 heterocycles. The Morgan fingerprint density at radius 2 is 2.10 bits per heavy atom. The summed E-state index contributed by atoms with van der Waals surface area (Å²) in [5, 5.41) is 7.37. The average molecular weight is 274 g/mol. The molecule has 0 aliphatic heterocycles. The topological polar surface area (TPSA) is 63.8 Å². The van der Waals surface area contributed by atoms with E-state index in [2.05, 4.69) is 41.2 Å². The van der Waals surface area contributed by atoms with Gasteiger partial charge in [-0.2, -0.15) is 4.98 Å². The zero-order valence-corrected chi connectivity index (χ0v) is 12.8. The van der Waals surface area contributed by atoms with Crippen molar-refractivity contribution in [3.63, 3.8) is 0 Å². The number of nitrogens with one attached hydrogen (secondary N) is 1. The Bertz CT molecular complexity index is 571. The molecule has 5 heteroatoms. The van der Waals surface area contributed by atoms with E-state index in [1.807, 2.05) is 20.0 Å². The van der Waals surface area contributed by atoms with Gasteiger partial charge in [-0.3, -0.25) is 4.98 Å². The van der Waals surface area contributed by atoms with E-state index in [9.17, 15) is 0 Å². The van der Waals surface area contributed by atoms with Gasteiger partial charge < -0.3 is 9.84 Å². The second-order valence-corrected chi connectivity index (χ2v) is 6.11. The number of aromatic nitrogens is 3. The number of rotatable bonds is 4. The van der Waals surface area contributed by atoms with Gasteiger partial charge >= 0.3 is 0 Å². The molecule has 0 saturated heterocycles. The Hall–Kier alpha value is -1.75. The van der Waals surface area contributed by atoms with Gasteiger partial charge in [0.15, 0.2) is 0 Å². The van der Waals surface area contributed by atoms with Gasteiger partial charge in [0, 0.05) is 30.4 Å². The summed E-state index contributed by atoms with van der Waals surface area (Å²) in [5.41, 5.74) is 2.14. The lowest BCUT2D eigenvalue weighted by molar-refractivity contribution is 0.255. The molecule has 0 fully saturated rings. The fourth-order valence-corrected chi connectivity index (χ4v) is 2.16. The molecule has 1 atom stereocenters. The quantitative estimate of drug-likeness (QED) is 0.928. The Morgan fingerprint density at radius 1 is 1.35 bits per heavy atom. The second kappa shape index (κ2) is 5.71. The van der Waals surface area contributed by atoms with Gasteiger partial charge in [0.2, 0.25) is 11.7 Å². The van der Waals surface area contributed by atoms with Crippen LogP contribution in [0.5, 0.6) is 0 Å². The smallest absolute Gasteiger partial charge is 0.228 e. The standard InChI is InChI=1S/C15H22N4O/c1-10-6-7-17-9-11(10)14-18-13(20-19-14)8-12(16-5)15(2,3)4/h6-7,9,12,16H,8H2,1-5H3. The van der Waals surface area contributed by atoms with Gasteiger partial charge in [-0.1, -0.05) is 25.9 Å². The van der Waals surface area contributed by atoms with Gasteiger partial charge in [-0.15, -0.1) is 0 Å². The van der Waals surface area contributed by atoms with Crippen molar-refractivity contribution in [1.29, 1.82) is 0 Å². The predicted octanol–water partition coefficient (Wildman–Crippen LogP) is 2.62. The largest absolute Gasteiger partial charge is 0.339 e. The number of likely N-dealkylation sites (N-methyl/N-ethyl adjacent to an activating group) is 1. The average Bonchev–Trinajstić information content (AvgIpc) is 2.83. The number of hydrogen-bond donors (Lipinski definition) is 1. The predicted molar refractivity (Wildman–Crippen MR) is 78.3 cm³/mol. The molecule has 20 heavy (non-hydrogen) atoms. The Morgan fingerprint density at radius 3 is 2.70 bits per heavy atom. The van der Waals surface area contributed by atoms with E-state index in [1.165, 1.54) is 0 Å². The van der Waals surface area contributed by atoms with Crippen LogP contribution in [0.2, 0.25) is 0 Å². The SMILES string of the molecule is CNC(Cc1nc(-c2cnccc2C)no1)C(C)(C)C. The molecular formula is C15H22N4O. The first-order valence-electron chi connectivity index (χ1n) is 6.82. The van der Waals surface area contributed by atoms with E-state index in [0.29, 0.717) is 18.1 Å². The van der Waals surface area contributed by atoms with Crippen molar-refractivity contribution >= 4 is 0 Å². The van der Waals surface area contributed by atoms with Gasteiger partial charge in [0.05, 0.1) is 0 Å². The number of hydrogen-bond acceptors (Lipinski definition) is 5.